The van der Waals surface area contributed by atoms with Crippen molar-refractivity contribution in [1.82, 2.24) is 9.55 Å². The Morgan fingerprint density at radius 3 is 2.64 bits per heavy atom. The molecule has 1 aromatic carbocycles. The topological polar surface area (TPSA) is 50.2 Å². The zero-order valence-corrected chi connectivity index (χ0v) is 13.5. The molecule has 22 heavy (non-hydrogen) atoms. The number of nitrogens with one attached hydrogen (secondary N) is 1. The molecule has 0 aliphatic carbocycles. The van der Waals surface area contributed by atoms with Gasteiger partial charge in [0.2, 0.25) is 5.91 Å². The molecule has 3 rings (SSSR count). The third kappa shape index (κ3) is 3.62. The fourth-order valence-corrected chi connectivity index (χ4v) is 3.28. The first-order valence-corrected chi connectivity index (χ1v) is 8.46. The average molecular weight is 316 g/mol. The largest absolute Gasteiger partial charge is 0.372 e. The van der Waals surface area contributed by atoms with Gasteiger partial charge in [-0.05, 0) is 37.1 Å². The van der Waals surface area contributed by atoms with Gasteiger partial charge in [-0.25, -0.2) is 4.98 Å². The van der Waals surface area contributed by atoms with Crippen molar-refractivity contribution >= 4 is 29.0 Å². The molecular weight excluding hydrogens is 296 g/mol. The molecule has 0 bridgehead atoms. The molecule has 1 N–H and O–H groups in total. The van der Waals surface area contributed by atoms with Crippen molar-refractivity contribution in [2.24, 2.45) is 7.05 Å². The minimum absolute atomic E-state index is 0.0121. The second-order valence-corrected chi connectivity index (χ2v) is 6.34. The monoisotopic (exact) mass is 316 g/mol. The maximum atomic E-state index is 12.0. The third-order valence-electron chi connectivity index (χ3n) is 3.73. The summed E-state index contributed by atoms with van der Waals surface area (Å²) in [4.78, 5) is 18.5. The lowest BCUT2D eigenvalue weighted by molar-refractivity contribution is -0.113. The number of amides is 1. The molecule has 5 nitrogen and oxygen atoms in total. The zero-order valence-electron chi connectivity index (χ0n) is 12.7. The van der Waals surface area contributed by atoms with Gasteiger partial charge in [0.05, 0.1) is 5.75 Å². The van der Waals surface area contributed by atoms with Crippen LogP contribution < -0.4 is 10.2 Å². The maximum Gasteiger partial charge on any atom is 0.234 e. The molecule has 1 aliphatic heterocycles. The SMILES string of the molecule is Cn1ccnc1SCC(=O)Nc1ccc(N2CCCC2)cc1. The van der Waals surface area contributed by atoms with E-state index in [-0.39, 0.29) is 5.91 Å². The van der Waals surface area contributed by atoms with E-state index < -0.39 is 0 Å². The normalized spacial score (nSPS) is 14.3. The minimum atomic E-state index is -0.0121. The van der Waals surface area contributed by atoms with E-state index in [0.29, 0.717) is 5.75 Å². The molecule has 0 atom stereocenters. The van der Waals surface area contributed by atoms with Crippen molar-refractivity contribution in [3.05, 3.63) is 36.7 Å². The fourth-order valence-electron chi connectivity index (χ4n) is 2.55. The zero-order chi connectivity index (χ0) is 15.4. The molecule has 1 saturated heterocycles. The number of benzene rings is 1. The van der Waals surface area contributed by atoms with E-state index >= 15 is 0 Å². The van der Waals surface area contributed by atoms with Gasteiger partial charge in [0, 0.05) is 43.9 Å². The number of rotatable bonds is 5. The summed E-state index contributed by atoms with van der Waals surface area (Å²) in [5.74, 6) is 0.348. The van der Waals surface area contributed by atoms with Gasteiger partial charge in [-0.1, -0.05) is 11.8 Å². The van der Waals surface area contributed by atoms with E-state index in [1.165, 1.54) is 30.3 Å². The highest BCUT2D eigenvalue weighted by molar-refractivity contribution is 7.99. The molecular formula is C16H20N4OS. The molecule has 6 heteroatoms. The van der Waals surface area contributed by atoms with E-state index in [4.69, 9.17) is 0 Å². The number of hydrogen-bond acceptors (Lipinski definition) is 4. The summed E-state index contributed by atoms with van der Waals surface area (Å²) < 4.78 is 1.91. The van der Waals surface area contributed by atoms with Crippen LogP contribution in [0.5, 0.6) is 0 Å². The number of thioether (sulfide) groups is 1. The van der Waals surface area contributed by atoms with Gasteiger partial charge in [-0.2, -0.15) is 0 Å². The van der Waals surface area contributed by atoms with Crippen molar-refractivity contribution in [2.75, 3.05) is 29.1 Å². The van der Waals surface area contributed by atoms with Crippen LogP contribution in [0.25, 0.3) is 0 Å². The molecule has 0 saturated carbocycles. The van der Waals surface area contributed by atoms with Crippen LogP contribution in [-0.4, -0.2) is 34.3 Å². The van der Waals surface area contributed by atoms with Gasteiger partial charge >= 0.3 is 0 Å². The number of anilines is 2. The summed E-state index contributed by atoms with van der Waals surface area (Å²) in [6.07, 6.45) is 6.14. The van der Waals surface area contributed by atoms with Crippen molar-refractivity contribution < 1.29 is 4.79 Å². The van der Waals surface area contributed by atoms with Crippen LogP contribution in [0.4, 0.5) is 11.4 Å². The molecule has 2 heterocycles. The Morgan fingerprint density at radius 1 is 1.27 bits per heavy atom. The van der Waals surface area contributed by atoms with Crippen molar-refractivity contribution in [1.29, 1.82) is 0 Å². The second-order valence-electron chi connectivity index (χ2n) is 5.40. The lowest BCUT2D eigenvalue weighted by Gasteiger charge is -2.17. The highest BCUT2D eigenvalue weighted by Crippen LogP contribution is 2.22. The Hall–Kier alpha value is -1.95. The predicted octanol–water partition coefficient (Wildman–Crippen LogP) is 2.75. The van der Waals surface area contributed by atoms with Crippen molar-refractivity contribution in [2.45, 2.75) is 18.0 Å². The van der Waals surface area contributed by atoms with Gasteiger partial charge in [-0.3, -0.25) is 4.79 Å². The fraction of sp³-hybridized carbons (Fsp3) is 0.375. The van der Waals surface area contributed by atoms with Crippen molar-refractivity contribution in [3.63, 3.8) is 0 Å². The van der Waals surface area contributed by atoms with E-state index in [1.807, 2.05) is 29.9 Å². The van der Waals surface area contributed by atoms with Crippen LogP contribution in [0.3, 0.4) is 0 Å². The van der Waals surface area contributed by atoms with E-state index in [0.717, 1.165) is 23.9 Å². The van der Waals surface area contributed by atoms with E-state index in [9.17, 15) is 4.79 Å². The first-order chi connectivity index (χ1) is 10.7. The van der Waals surface area contributed by atoms with E-state index in [2.05, 4.69) is 27.3 Å². The quantitative estimate of drug-likeness (QED) is 0.862. The van der Waals surface area contributed by atoms with Gasteiger partial charge < -0.3 is 14.8 Å². The number of nitrogens with zero attached hydrogens (tertiary/aromatic N) is 3. The summed E-state index contributed by atoms with van der Waals surface area (Å²) in [5, 5.41) is 3.77. The number of carbonyl (C=O) groups is 1. The number of imidazole rings is 1. The lowest BCUT2D eigenvalue weighted by atomic mass is 10.2. The molecule has 1 aromatic heterocycles. The smallest absolute Gasteiger partial charge is 0.234 e. The summed E-state index contributed by atoms with van der Waals surface area (Å²) in [5.41, 5.74) is 2.08. The highest BCUT2D eigenvalue weighted by atomic mass is 32.2. The third-order valence-corrected chi connectivity index (χ3v) is 4.79. The number of aryl methyl sites for hydroxylation is 1. The van der Waals surface area contributed by atoms with Gasteiger partial charge in [0.15, 0.2) is 5.16 Å². The number of aromatic nitrogens is 2. The van der Waals surface area contributed by atoms with Crippen molar-refractivity contribution in [3.8, 4) is 0 Å². The highest BCUT2D eigenvalue weighted by Gasteiger charge is 2.12. The molecule has 116 valence electrons. The van der Waals surface area contributed by atoms with Crippen LogP contribution in [0.15, 0.2) is 41.8 Å². The van der Waals surface area contributed by atoms with Crippen LogP contribution in [-0.2, 0) is 11.8 Å². The Balaban J connectivity index is 1.51. The van der Waals surface area contributed by atoms with Crippen LogP contribution in [0, 0.1) is 0 Å². The lowest BCUT2D eigenvalue weighted by Crippen LogP contribution is -2.18. The average Bonchev–Trinajstić information content (AvgIpc) is 3.18. The minimum Gasteiger partial charge on any atom is -0.372 e. The summed E-state index contributed by atoms with van der Waals surface area (Å²) >= 11 is 1.44. The number of hydrogen-bond donors (Lipinski definition) is 1. The first kappa shape index (κ1) is 15.0. The Bertz CT molecular complexity index is 632. The summed E-state index contributed by atoms with van der Waals surface area (Å²) in [7, 11) is 1.92. The number of carbonyl (C=O) groups excluding carboxylic acids is 1. The summed E-state index contributed by atoms with van der Waals surface area (Å²) in [6, 6.07) is 8.09. The molecule has 0 spiro atoms. The molecule has 2 aromatic rings. The van der Waals surface area contributed by atoms with Crippen LogP contribution in [0.2, 0.25) is 0 Å². The molecule has 1 fully saturated rings. The van der Waals surface area contributed by atoms with Gasteiger partial charge in [0.25, 0.3) is 0 Å². The maximum absolute atomic E-state index is 12.0. The Labute approximate surface area is 134 Å². The summed E-state index contributed by atoms with van der Waals surface area (Å²) in [6.45, 7) is 2.26. The molecule has 0 unspecified atom stereocenters. The second kappa shape index (κ2) is 6.87. The standard InChI is InChI=1S/C16H20N4OS/c1-19-11-8-17-16(19)22-12-15(21)18-13-4-6-14(7-5-13)20-9-2-3-10-20/h4-8,11H,2-3,9-10,12H2,1H3,(H,18,21). The molecule has 1 amide bonds. The van der Waals surface area contributed by atoms with Crippen LogP contribution in [0.1, 0.15) is 12.8 Å². The Morgan fingerprint density at radius 2 is 2.00 bits per heavy atom. The Kier molecular flexibility index (Phi) is 4.68. The van der Waals surface area contributed by atoms with Gasteiger partial charge in [0.1, 0.15) is 0 Å². The van der Waals surface area contributed by atoms with Crippen LogP contribution >= 0.6 is 11.8 Å². The van der Waals surface area contributed by atoms with Gasteiger partial charge in [-0.15, -0.1) is 0 Å². The molecule has 1 aliphatic rings. The predicted molar refractivity (Wildman–Crippen MR) is 90.5 cm³/mol. The first-order valence-electron chi connectivity index (χ1n) is 7.47. The van der Waals surface area contributed by atoms with E-state index in [1.54, 1.807) is 6.20 Å². The molecule has 0 radical (unpaired) electrons.